The number of rotatable bonds is 28. The van der Waals surface area contributed by atoms with Crippen molar-refractivity contribution in [3.05, 3.63) is 107 Å². The van der Waals surface area contributed by atoms with Crippen LogP contribution in [0.25, 0.3) is 11.1 Å². The predicted octanol–water partition coefficient (Wildman–Crippen LogP) is 13.0. The summed E-state index contributed by atoms with van der Waals surface area (Å²) in [6.45, 7) is 12.9. The van der Waals surface area contributed by atoms with Gasteiger partial charge in [-0.25, -0.2) is 48.6 Å². The largest absolute Gasteiger partial charge is 0.353 e. The zero-order chi connectivity index (χ0) is 49.5. The smallest absolute Gasteiger partial charge is 0.180 e. The molecular weight excluding hydrogens is 889 g/mol. The third kappa shape index (κ3) is 12.6. The van der Waals surface area contributed by atoms with Crippen LogP contribution in [0.3, 0.4) is 0 Å². The highest BCUT2D eigenvalue weighted by Crippen LogP contribution is 2.40. The molecule has 0 spiro atoms. The van der Waals surface area contributed by atoms with Crippen LogP contribution in [0.1, 0.15) is 215 Å². The molecule has 378 valence electrons. The molecule has 6 aliphatic heterocycles. The summed E-state index contributed by atoms with van der Waals surface area (Å²) in [5.74, 6) is 5.09. The van der Waals surface area contributed by atoms with Crippen molar-refractivity contribution in [3.63, 3.8) is 0 Å². The summed E-state index contributed by atoms with van der Waals surface area (Å²) in [7, 11) is 0. The Labute approximate surface area is 429 Å². The van der Waals surface area contributed by atoms with Crippen molar-refractivity contribution in [2.24, 2.45) is 30.0 Å². The van der Waals surface area contributed by atoms with Gasteiger partial charge in [0.15, 0.2) is 72.2 Å². The first-order valence-electron chi connectivity index (χ1n) is 28.4. The number of hydrogen-bond donors (Lipinski definition) is 1. The average molecular weight is 970 g/mol. The highest BCUT2D eigenvalue weighted by atomic mass is 15.2. The number of fused-ring (bicyclic) bond motifs is 17. The highest BCUT2D eigenvalue weighted by molar-refractivity contribution is 6.33. The number of nitrogens with one attached hydrogen (secondary N) is 1. The van der Waals surface area contributed by atoms with Crippen molar-refractivity contribution >= 4 is 46.6 Å². The van der Waals surface area contributed by atoms with Crippen LogP contribution in [-0.2, 0) is 26.2 Å². The zero-order valence-corrected chi connectivity index (χ0v) is 44.1. The van der Waals surface area contributed by atoms with Crippen LogP contribution in [0.5, 0.6) is 0 Å². The molecule has 0 atom stereocenters. The molecule has 9 rings (SSSR count). The predicted molar refractivity (Wildman–Crippen MR) is 295 cm³/mol. The van der Waals surface area contributed by atoms with Gasteiger partial charge in [0, 0.05) is 84.2 Å². The Kier molecular flexibility index (Phi) is 18.1. The fourth-order valence-electron chi connectivity index (χ4n) is 10.5. The quantitative estimate of drug-likeness (QED) is 0.0397. The SMILES string of the molecule is CCCCCCCCn1ccc2c3nc(c-2c1)N=C1N=C(N=C2N=C(N=C4N=C(N3)c3c[n+](CCCCCCCC)ccc34)c3c[n+](CCCCCCCC)ccc32)c2c[n+](CCCCCCCC)ccc21. The van der Waals surface area contributed by atoms with Gasteiger partial charge in [-0.3, -0.25) is 0 Å². The number of aryl methyl sites for hydroxylation is 4. The number of anilines is 1. The standard InChI is InChI=1S/C60H81N12/c1-5-9-13-17-21-25-33-69-37-29-45-49(41-69)57-61-53(45)66-58-51-43-71(35-27-23-19-15-11-7-3)39-31-47(51)55(63-58)68-60-52-44-72(36-28-24-20-16-12-8-4)40-32-48(52)56(64-60)67-59-50-42-70(34-26-22-18-14-10-6-2)38-30-46(50)54(62-59)65-57/h29-32,37-44H,5-28,33-36H2,1-4H3,(H,61,62,63,64,65,66,67,68)/q+3. The van der Waals surface area contributed by atoms with E-state index in [0.29, 0.717) is 40.8 Å². The molecule has 0 saturated heterocycles. The third-order valence-corrected chi connectivity index (χ3v) is 14.8. The summed E-state index contributed by atoms with van der Waals surface area (Å²) in [4.78, 5) is 37.3. The average Bonchev–Trinajstić information content (AvgIpc) is 4.13. The van der Waals surface area contributed by atoms with Crippen LogP contribution in [0.2, 0.25) is 0 Å². The van der Waals surface area contributed by atoms with Gasteiger partial charge in [0.05, 0.1) is 16.7 Å². The Hall–Kier alpha value is -6.04. The van der Waals surface area contributed by atoms with E-state index >= 15 is 0 Å². The fourth-order valence-corrected chi connectivity index (χ4v) is 10.5. The van der Waals surface area contributed by atoms with E-state index in [1.165, 1.54) is 128 Å². The van der Waals surface area contributed by atoms with Gasteiger partial charge in [0.2, 0.25) is 0 Å². The summed E-state index contributed by atoms with van der Waals surface area (Å²) in [6, 6.07) is 8.70. The number of aliphatic imine (C=N–C) groups is 6. The minimum Gasteiger partial charge on any atom is -0.353 e. The maximum atomic E-state index is 5.38. The van der Waals surface area contributed by atoms with Crippen molar-refractivity contribution in [2.45, 2.75) is 208 Å². The number of amidine groups is 6. The number of aromatic nitrogens is 5. The van der Waals surface area contributed by atoms with Crippen LogP contribution >= 0.6 is 0 Å². The van der Waals surface area contributed by atoms with Gasteiger partial charge < -0.3 is 9.88 Å². The highest BCUT2D eigenvalue weighted by Gasteiger charge is 2.34. The van der Waals surface area contributed by atoms with E-state index in [1.54, 1.807) is 0 Å². The van der Waals surface area contributed by atoms with Crippen LogP contribution in [0.15, 0.2) is 104 Å². The van der Waals surface area contributed by atoms with Crippen molar-refractivity contribution in [3.8, 4) is 11.1 Å². The zero-order valence-electron chi connectivity index (χ0n) is 44.1. The monoisotopic (exact) mass is 970 g/mol. The minimum absolute atomic E-state index is 0.598. The molecule has 72 heavy (non-hydrogen) atoms. The molecule has 3 aromatic rings. The Morgan fingerprint density at radius 3 is 1.29 bits per heavy atom. The fraction of sp³-hybridized carbons (Fsp3) is 0.533. The topological polar surface area (TPSA) is 116 Å². The van der Waals surface area contributed by atoms with E-state index in [9.17, 15) is 0 Å². The molecule has 0 amide bonds. The van der Waals surface area contributed by atoms with Gasteiger partial charge in [0.25, 0.3) is 0 Å². The lowest BCUT2D eigenvalue weighted by atomic mass is 10.1. The summed E-state index contributed by atoms with van der Waals surface area (Å²) in [6.07, 6.45) is 47.5. The second kappa shape index (κ2) is 25.6. The number of nitrogens with zero attached hydrogens (tertiary/aromatic N) is 11. The molecule has 0 unspecified atom stereocenters. The summed E-state index contributed by atoms with van der Waals surface area (Å²) in [5, 5.41) is 3.76. The molecule has 3 aromatic heterocycles. The van der Waals surface area contributed by atoms with Gasteiger partial charge in [-0.05, 0) is 31.7 Å². The van der Waals surface area contributed by atoms with E-state index in [4.69, 9.17) is 34.9 Å². The second-order valence-electron chi connectivity index (χ2n) is 20.7. The number of pyridine rings is 4. The van der Waals surface area contributed by atoms with E-state index < -0.39 is 0 Å². The van der Waals surface area contributed by atoms with Crippen molar-refractivity contribution in [1.82, 2.24) is 9.55 Å². The lowest BCUT2D eigenvalue weighted by Crippen LogP contribution is -2.34. The first-order valence-corrected chi connectivity index (χ1v) is 28.4. The van der Waals surface area contributed by atoms with Gasteiger partial charge in [-0.2, -0.15) is 0 Å². The van der Waals surface area contributed by atoms with Crippen LogP contribution < -0.4 is 19.0 Å². The Morgan fingerprint density at radius 1 is 0.389 bits per heavy atom. The van der Waals surface area contributed by atoms with Crippen LogP contribution in [0.4, 0.5) is 11.6 Å². The Bertz CT molecular complexity index is 2800. The molecular formula is C60H81N12+3. The molecule has 0 fully saturated rings. The van der Waals surface area contributed by atoms with Gasteiger partial charge in [-0.15, -0.1) is 0 Å². The first kappa shape index (κ1) is 50.9. The van der Waals surface area contributed by atoms with Crippen molar-refractivity contribution in [1.29, 1.82) is 0 Å². The van der Waals surface area contributed by atoms with Crippen molar-refractivity contribution in [2.75, 3.05) is 5.32 Å². The lowest BCUT2D eigenvalue weighted by Gasteiger charge is -2.11. The summed E-state index contributed by atoms with van der Waals surface area (Å²) in [5.41, 5.74) is 7.71. The Balaban J connectivity index is 1.13. The van der Waals surface area contributed by atoms with Gasteiger partial charge in [0.1, 0.15) is 31.3 Å². The molecule has 12 heteroatoms. The lowest BCUT2D eigenvalue weighted by molar-refractivity contribution is -0.697. The van der Waals surface area contributed by atoms with Gasteiger partial charge >= 0.3 is 0 Å². The molecule has 0 saturated carbocycles. The molecule has 0 aromatic carbocycles. The summed E-state index contributed by atoms with van der Waals surface area (Å²) < 4.78 is 9.20. The van der Waals surface area contributed by atoms with Crippen LogP contribution in [0, 0.1) is 0 Å². The summed E-state index contributed by atoms with van der Waals surface area (Å²) >= 11 is 0. The molecule has 6 aliphatic rings. The normalized spacial score (nSPS) is 14.3. The molecule has 0 radical (unpaired) electrons. The maximum absolute atomic E-state index is 5.38. The van der Waals surface area contributed by atoms with E-state index in [2.05, 4.69) is 125 Å². The molecule has 8 bridgehead atoms. The minimum atomic E-state index is 0.598. The van der Waals surface area contributed by atoms with Crippen molar-refractivity contribution < 1.29 is 13.7 Å². The number of unbranched alkanes of at least 4 members (excludes halogenated alkanes) is 20. The number of hydrogen-bond acceptors (Lipinski definition) is 8. The molecule has 12 nitrogen and oxygen atoms in total. The van der Waals surface area contributed by atoms with E-state index in [1.807, 2.05) is 0 Å². The van der Waals surface area contributed by atoms with Gasteiger partial charge in [-0.1, -0.05) is 137 Å². The van der Waals surface area contributed by atoms with E-state index in [0.717, 1.165) is 102 Å². The third-order valence-electron chi connectivity index (χ3n) is 14.8. The Morgan fingerprint density at radius 2 is 0.792 bits per heavy atom. The second-order valence-corrected chi connectivity index (χ2v) is 20.7. The van der Waals surface area contributed by atoms with Crippen LogP contribution in [-0.4, -0.2) is 44.6 Å². The molecule has 0 aliphatic carbocycles. The molecule has 1 N–H and O–H groups in total. The maximum Gasteiger partial charge on any atom is 0.180 e. The first-order chi connectivity index (χ1) is 35.5. The molecule has 9 heterocycles. The van der Waals surface area contributed by atoms with E-state index in [-0.39, 0.29) is 0 Å².